The van der Waals surface area contributed by atoms with Crippen LogP contribution in [0.15, 0.2) is 91.0 Å². The SMILES string of the molecule is C.CC(C)(C)OC(=O)N(CC1CCCC1(C)C)S(C)(=O)=O.CC1(C)CCCC1CO.CC1(C)CNCC1CNS(C)(=O)=O.COC(=O)C1CNCC1(C)C.CS(C)(=O)=O.c1ccc(P(c2ccccc2)c2ccccc2)cc1. The van der Waals surface area contributed by atoms with Crippen LogP contribution in [0.25, 0.3) is 0 Å². The standard InChI is InChI=1S/C18H15P.C14H27NO4S.C8H18N2O2S.C8H15NO2.C8H16O.C2H6O2S.CH4/c1-4-10-16(11-5-1)19(17-12-6-2-7-13-17)18-14-8-3-9-15-18;1-13(2,3)19-12(16)15(20(6,17)18)10-11-8-7-9-14(11,4)5;1-8(2)6-9-4-7(8)5-10-13(3,11)12;1-8(2)5-9-4-6(8)7(10)11-3;1-8(2)5-3-4-7(8)6-9;1-5(2,3)4;/h1-15H;11H,7-10H2,1-6H3;7,9-10H,4-6H2,1-3H3;6,9H,4-5H2,1-3H3;7,9H,3-6H2,1-2H3;1-2H3;1H4. The molecule has 2 aliphatic carbocycles. The number of benzene rings is 3. The number of carbonyl (C=O) groups is 2. The highest BCUT2D eigenvalue weighted by Gasteiger charge is 2.41. The Balaban J connectivity index is 0.000000488. The largest absolute Gasteiger partial charge is 0.469 e. The number of sulfonamides is 2. The van der Waals surface area contributed by atoms with E-state index in [2.05, 4.69) is 162 Å². The van der Waals surface area contributed by atoms with Crippen LogP contribution in [0.5, 0.6) is 0 Å². The number of aliphatic hydroxyl groups excluding tert-OH is 1. The van der Waals surface area contributed by atoms with E-state index in [-0.39, 0.29) is 48.0 Å². The van der Waals surface area contributed by atoms with Gasteiger partial charge in [0, 0.05) is 51.8 Å². The average molecular weight is 1170 g/mol. The summed E-state index contributed by atoms with van der Waals surface area (Å²) in [5.74, 6) is 1.07. The van der Waals surface area contributed by atoms with Crippen LogP contribution < -0.4 is 31.3 Å². The number of aliphatic hydroxyl groups is 1. The fraction of sp³-hybridized carbons (Fsp3) is 0.661. The Morgan fingerprint density at radius 1 is 0.654 bits per heavy atom. The minimum Gasteiger partial charge on any atom is -0.469 e. The number of esters is 1. The molecule has 4 N–H and O–H groups in total. The van der Waals surface area contributed by atoms with Crippen LogP contribution >= 0.6 is 7.92 Å². The molecule has 1 amide bonds. The number of rotatable bonds is 11. The summed E-state index contributed by atoms with van der Waals surface area (Å²) in [6, 6.07) is 32.3. The van der Waals surface area contributed by atoms with Gasteiger partial charge in [0.2, 0.25) is 20.0 Å². The summed E-state index contributed by atoms with van der Waals surface area (Å²) in [6.45, 7) is 27.0. The highest BCUT2D eigenvalue weighted by atomic mass is 32.2. The van der Waals surface area contributed by atoms with E-state index in [9.17, 15) is 34.8 Å². The zero-order chi connectivity index (χ0) is 58.7. The summed E-state index contributed by atoms with van der Waals surface area (Å²) in [4.78, 5) is 23.3. The number of sulfone groups is 1. The number of ether oxygens (including phenoxy) is 2. The van der Waals surface area contributed by atoms with Gasteiger partial charge in [-0.3, -0.25) is 4.79 Å². The Morgan fingerprint density at radius 3 is 1.33 bits per heavy atom. The zero-order valence-corrected chi connectivity index (χ0v) is 52.7. The van der Waals surface area contributed by atoms with Crippen LogP contribution in [0.3, 0.4) is 0 Å². The van der Waals surface area contributed by atoms with Gasteiger partial charge >= 0.3 is 12.1 Å². The Kier molecular flexibility index (Phi) is 29.4. The van der Waals surface area contributed by atoms with Gasteiger partial charge in [0.15, 0.2) is 0 Å². The second-order valence-corrected chi connectivity index (χ2v) is 33.0. The molecular weight excluding hydrogens is 1070 g/mol. The van der Waals surface area contributed by atoms with E-state index in [4.69, 9.17) is 14.6 Å². The van der Waals surface area contributed by atoms with Crippen LogP contribution in [-0.2, 0) is 44.2 Å². The second-order valence-electron chi connectivity index (χ2n) is 24.7. The summed E-state index contributed by atoms with van der Waals surface area (Å²) in [7, 11) is -8.33. The van der Waals surface area contributed by atoms with E-state index < -0.39 is 49.5 Å². The number of hydrogen-bond acceptors (Lipinski definition) is 13. The van der Waals surface area contributed by atoms with E-state index in [0.29, 0.717) is 30.4 Å². The smallest absolute Gasteiger partial charge is 0.424 e. The maximum Gasteiger partial charge on any atom is 0.424 e. The topological polar surface area (TPSA) is 215 Å². The average Bonchev–Trinajstić information content (AvgIpc) is 4.06. The first-order chi connectivity index (χ1) is 35.3. The lowest BCUT2D eigenvalue weighted by Crippen LogP contribution is -2.44. The van der Waals surface area contributed by atoms with Crippen molar-refractivity contribution >= 4 is 65.8 Å². The molecule has 15 nitrogen and oxygen atoms in total. The lowest BCUT2D eigenvalue weighted by molar-refractivity contribution is -0.147. The number of methoxy groups -OCH3 is 1. The molecule has 0 aromatic heterocycles. The molecule has 78 heavy (non-hydrogen) atoms. The normalized spacial score (nSPS) is 21.6. The molecule has 2 saturated carbocycles. The van der Waals surface area contributed by atoms with Crippen molar-refractivity contribution in [3.63, 3.8) is 0 Å². The number of carbonyl (C=O) groups excluding carboxylic acids is 2. The summed E-state index contributed by atoms with van der Waals surface area (Å²) >= 11 is 0. The summed E-state index contributed by atoms with van der Waals surface area (Å²) in [5.41, 5.74) is 0.00963. The molecule has 0 radical (unpaired) electrons. The molecule has 2 saturated heterocycles. The van der Waals surface area contributed by atoms with Crippen LogP contribution in [0, 0.1) is 45.3 Å². The van der Waals surface area contributed by atoms with Gasteiger partial charge in [-0.2, -0.15) is 0 Å². The first-order valence-electron chi connectivity index (χ1n) is 26.7. The summed E-state index contributed by atoms with van der Waals surface area (Å²) < 4.78 is 78.1. The zero-order valence-electron chi connectivity index (χ0n) is 49.3. The lowest BCUT2D eigenvalue weighted by atomic mass is 9.82. The Morgan fingerprint density at radius 2 is 1.05 bits per heavy atom. The van der Waals surface area contributed by atoms with Crippen molar-refractivity contribution in [1.82, 2.24) is 19.7 Å². The maximum absolute atomic E-state index is 12.1. The van der Waals surface area contributed by atoms with E-state index in [1.807, 2.05) is 0 Å². The van der Waals surface area contributed by atoms with Crippen LogP contribution in [0.1, 0.15) is 122 Å². The highest BCUT2D eigenvalue weighted by molar-refractivity contribution is 7.90. The predicted molar refractivity (Wildman–Crippen MR) is 325 cm³/mol. The molecule has 2 heterocycles. The van der Waals surface area contributed by atoms with E-state index in [1.165, 1.54) is 48.5 Å². The first kappa shape index (κ1) is 72.5. The van der Waals surface area contributed by atoms with Crippen molar-refractivity contribution in [1.29, 1.82) is 0 Å². The molecule has 19 heteroatoms. The minimum absolute atomic E-state index is 0. The van der Waals surface area contributed by atoms with E-state index in [0.717, 1.165) is 68.5 Å². The van der Waals surface area contributed by atoms with E-state index in [1.54, 1.807) is 20.8 Å². The Hall–Kier alpha value is -3.48. The number of hydrogen-bond donors (Lipinski definition) is 4. The summed E-state index contributed by atoms with van der Waals surface area (Å²) in [6.07, 6.45) is 10.7. The fourth-order valence-electron chi connectivity index (χ4n) is 9.58. The highest BCUT2D eigenvalue weighted by Crippen LogP contribution is 2.44. The molecule has 4 unspecified atom stereocenters. The predicted octanol–water partition coefficient (Wildman–Crippen LogP) is 8.74. The van der Waals surface area contributed by atoms with Gasteiger partial charge in [-0.15, -0.1) is 0 Å². The van der Waals surface area contributed by atoms with Crippen molar-refractivity contribution in [3.05, 3.63) is 91.0 Å². The number of amides is 1. The van der Waals surface area contributed by atoms with Gasteiger partial charge in [-0.05, 0) is 116 Å². The summed E-state index contributed by atoms with van der Waals surface area (Å²) in [5, 5.41) is 19.5. The molecule has 446 valence electrons. The van der Waals surface area contributed by atoms with Crippen molar-refractivity contribution in [3.8, 4) is 0 Å². The maximum atomic E-state index is 12.1. The van der Waals surface area contributed by atoms with Crippen molar-refractivity contribution in [2.75, 3.05) is 78.0 Å². The fourth-order valence-corrected chi connectivity index (χ4v) is 13.2. The molecule has 0 bridgehead atoms. The third kappa shape index (κ3) is 26.9. The molecule has 7 rings (SSSR count). The lowest BCUT2D eigenvalue weighted by Gasteiger charge is -2.32. The molecule has 3 aromatic rings. The van der Waals surface area contributed by atoms with Gasteiger partial charge in [0.1, 0.15) is 15.4 Å². The van der Waals surface area contributed by atoms with Crippen molar-refractivity contribution in [2.24, 2.45) is 45.3 Å². The van der Waals surface area contributed by atoms with E-state index >= 15 is 0 Å². The minimum atomic E-state index is -3.62. The van der Waals surface area contributed by atoms with Gasteiger partial charge < -0.3 is 25.2 Å². The van der Waals surface area contributed by atoms with Crippen LogP contribution in [0.4, 0.5) is 4.79 Å². The molecule has 3 aromatic carbocycles. The van der Waals surface area contributed by atoms with Crippen LogP contribution in [0.2, 0.25) is 0 Å². The monoisotopic (exact) mass is 1170 g/mol. The molecule has 0 spiro atoms. The van der Waals surface area contributed by atoms with Crippen molar-refractivity contribution in [2.45, 2.75) is 128 Å². The third-order valence-corrected chi connectivity index (χ3v) is 18.9. The molecular formula is C59H101N4O11PS3. The molecule has 4 atom stereocenters. The molecule has 4 fully saturated rings. The Bertz CT molecular complexity index is 2480. The number of nitrogens with one attached hydrogen (secondary N) is 3. The molecule has 2 aliphatic heterocycles. The van der Waals surface area contributed by atoms with Gasteiger partial charge in [-0.1, -0.05) is 167 Å². The number of nitrogens with zero attached hydrogens (tertiary/aromatic N) is 1. The van der Waals surface area contributed by atoms with Crippen LogP contribution in [-0.4, -0.2) is 130 Å². The van der Waals surface area contributed by atoms with Gasteiger partial charge in [0.25, 0.3) is 0 Å². The van der Waals surface area contributed by atoms with Gasteiger partial charge in [-0.25, -0.2) is 39.1 Å². The van der Waals surface area contributed by atoms with Gasteiger partial charge in [0.05, 0.1) is 25.5 Å². The second kappa shape index (κ2) is 31.7. The Labute approximate surface area is 474 Å². The third-order valence-electron chi connectivity index (χ3n) is 14.6. The quantitative estimate of drug-likeness (QED) is 0.105. The first-order valence-corrected chi connectivity index (χ1v) is 34.1. The van der Waals surface area contributed by atoms with Crippen molar-refractivity contribution < 1.29 is 49.4 Å². The molecule has 4 aliphatic rings.